The van der Waals surface area contributed by atoms with Gasteiger partial charge in [-0.2, -0.15) is 0 Å². The van der Waals surface area contributed by atoms with Gasteiger partial charge in [0.25, 0.3) is 11.8 Å². The molecule has 2 heterocycles. The molecule has 0 saturated carbocycles. The van der Waals surface area contributed by atoms with Crippen LogP contribution in [0.4, 0.5) is 5.69 Å². The van der Waals surface area contributed by atoms with Gasteiger partial charge in [-0.25, -0.2) is 0 Å². The van der Waals surface area contributed by atoms with E-state index >= 15 is 0 Å². The molecular weight excluding hydrogens is 398 g/mol. The minimum Gasteiger partial charge on any atom is -0.493 e. The lowest BCUT2D eigenvalue weighted by molar-refractivity contribution is -0.118. The number of hydrogen-bond donors (Lipinski definition) is 2. The number of likely N-dealkylation sites (tertiary alicyclic amines) is 1. The number of rotatable bonds is 6. The Morgan fingerprint density at radius 2 is 1.90 bits per heavy atom. The van der Waals surface area contributed by atoms with Gasteiger partial charge in [0, 0.05) is 31.2 Å². The van der Waals surface area contributed by atoms with Crippen LogP contribution in [-0.4, -0.2) is 56.7 Å². The number of nitrogens with zero attached hydrogens (tertiary/aromatic N) is 1. The molecule has 2 aromatic carbocycles. The van der Waals surface area contributed by atoms with Crippen LogP contribution in [0.25, 0.3) is 0 Å². The molecule has 0 radical (unpaired) electrons. The predicted octanol–water partition coefficient (Wildman–Crippen LogP) is 2.43. The summed E-state index contributed by atoms with van der Waals surface area (Å²) in [6, 6.07) is 11.2. The van der Waals surface area contributed by atoms with Crippen LogP contribution < -0.4 is 24.8 Å². The fraction of sp³-hybridized carbons (Fsp3) is 0.391. The number of amides is 2. The van der Waals surface area contributed by atoms with Crippen molar-refractivity contribution in [2.75, 3.05) is 39.2 Å². The number of anilines is 1. The maximum Gasteiger partial charge on any atom is 0.262 e. The highest BCUT2D eigenvalue weighted by Crippen LogP contribution is 2.29. The SMILES string of the molecule is COc1ccc(CN2CCC(NC(=O)c3ccc4c(c3)NC(=O)CO4)CC2)cc1OC. The van der Waals surface area contributed by atoms with Crippen molar-refractivity contribution >= 4 is 17.5 Å². The monoisotopic (exact) mass is 425 g/mol. The second-order valence-corrected chi connectivity index (χ2v) is 7.76. The van der Waals surface area contributed by atoms with Gasteiger partial charge in [0.1, 0.15) is 5.75 Å². The summed E-state index contributed by atoms with van der Waals surface area (Å²) in [4.78, 5) is 26.5. The lowest BCUT2D eigenvalue weighted by Gasteiger charge is -2.32. The van der Waals surface area contributed by atoms with E-state index in [2.05, 4.69) is 15.5 Å². The van der Waals surface area contributed by atoms with E-state index in [1.807, 2.05) is 18.2 Å². The summed E-state index contributed by atoms with van der Waals surface area (Å²) >= 11 is 0. The van der Waals surface area contributed by atoms with Gasteiger partial charge in [0.15, 0.2) is 18.1 Å². The van der Waals surface area contributed by atoms with E-state index in [4.69, 9.17) is 14.2 Å². The molecule has 1 saturated heterocycles. The molecule has 0 bridgehead atoms. The summed E-state index contributed by atoms with van der Waals surface area (Å²) in [7, 11) is 3.27. The average molecular weight is 425 g/mol. The Hall–Kier alpha value is -3.26. The third kappa shape index (κ3) is 4.91. The molecule has 8 heteroatoms. The molecule has 0 spiro atoms. The van der Waals surface area contributed by atoms with E-state index in [1.165, 1.54) is 5.56 Å². The Morgan fingerprint density at radius 3 is 2.65 bits per heavy atom. The fourth-order valence-corrected chi connectivity index (χ4v) is 3.97. The first-order chi connectivity index (χ1) is 15.1. The number of hydrogen-bond acceptors (Lipinski definition) is 6. The zero-order valence-corrected chi connectivity index (χ0v) is 17.8. The molecule has 2 aliphatic heterocycles. The third-order valence-electron chi connectivity index (χ3n) is 5.65. The number of fused-ring (bicyclic) bond motifs is 1. The molecular formula is C23H27N3O5. The van der Waals surface area contributed by atoms with E-state index in [-0.39, 0.29) is 24.5 Å². The standard InChI is InChI=1S/C23H27N3O5/c1-29-20-5-3-15(11-21(20)30-2)13-26-9-7-17(8-10-26)24-23(28)16-4-6-19-18(12-16)25-22(27)14-31-19/h3-6,11-12,17H,7-10,13-14H2,1-2H3,(H,24,28)(H,25,27). The van der Waals surface area contributed by atoms with Gasteiger partial charge >= 0.3 is 0 Å². The topological polar surface area (TPSA) is 89.1 Å². The number of methoxy groups -OCH3 is 2. The number of ether oxygens (including phenoxy) is 3. The van der Waals surface area contributed by atoms with Crippen molar-refractivity contribution in [3.05, 3.63) is 47.5 Å². The van der Waals surface area contributed by atoms with E-state index in [1.54, 1.807) is 32.4 Å². The zero-order valence-electron chi connectivity index (χ0n) is 17.8. The Labute approximate surface area is 181 Å². The molecule has 0 aliphatic carbocycles. The van der Waals surface area contributed by atoms with Gasteiger partial charge in [0.2, 0.25) is 0 Å². The molecule has 0 unspecified atom stereocenters. The summed E-state index contributed by atoms with van der Waals surface area (Å²) in [5, 5.41) is 5.85. The highest BCUT2D eigenvalue weighted by molar-refractivity contribution is 5.99. The average Bonchev–Trinajstić information content (AvgIpc) is 2.79. The van der Waals surface area contributed by atoms with Gasteiger partial charge < -0.3 is 24.8 Å². The van der Waals surface area contributed by atoms with Crippen molar-refractivity contribution in [3.63, 3.8) is 0 Å². The molecule has 2 aliphatic rings. The van der Waals surface area contributed by atoms with Gasteiger partial charge in [0.05, 0.1) is 19.9 Å². The molecule has 2 N–H and O–H groups in total. The number of piperidine rings is 1. The molecule has 0 aromatic heterocycles. The van der Waals surface area contributed by atoms with Crippen LogP contribution in [0.5, 0.6) is 17.2 Å². The number of nitrogens with one attached hydrogen (secondary N) is 2. The van der Waals surface area contributed by atoms with Crippen LogP contribution >= 0.6 is 0 Å². The summed E-state index contributed by atoms with van der Waals surface area (Å²) in [5.41, 5.74) is 2.21. The van der Waals surface area contributed by atoms with Crippen LogP contribution in [0.3, 0.4) is 0 Å². The van der Waals surface area contributed by atoms with E-state index in [9.17, 15) is 9.59 Å². The quantitative estimate of drug-likeness (QED) is 0.739. The molecule has 4 rings (SSSR count). The minimum absolute atomic E-state index is 0.000421. The maximum atomic E-state index is 12.7. The summed E-state index contributed by atoms with van der Waals surface area (Å²) < 4.78 is 16.0. The van der Waals surface area contributed by atoms with Gasteiger partial charge in [-0.05, 0) is 48.7 Å². The number of carbonyl (C=O) groups excluding carboxylic acids is 2. The smallest absolute Gasteiger partial charge is 0.262 e. The molecule has 2 aromatic rings. The Bertz CT molecular complexity index is 970. The molecule has 2 amide bonds. The highest BCUT2D eigenvalue weighted by Gasteiger charge is 2.23. The van der Waals surface area contributed by atoms with E-state index in [0.717, 1.165) is 44.0 Å². The van der Waals surface area contributed by atoms with Gasteiger partial charge in [-0.1, -0.05) is 6.07 Å². The van der Waals surface area contributed by atoms with Crippen molar-refractivity contribution in [1.82, 2.24) is 10.2 Å². The number of benzene rings is 2. The molecule has 1 fully saturated rings. The van der Waals surface area contributed by atoms with Crippen LogP contribution in [0.15, 0.2) is 36.4 Å². The lowest BCUT2D eigenvalue weighted by Crippen LogP contribution is -2.44. The third-order valence-corrected chi connectivity index (χ3v) is 5.65. The highest BCUT2D eigenvalue weighted by atomic mass is 16.5. The Kier molecular flexibility index (Phi) is 6.27. The maximum absolute atomic E-state index is 12.7. The van der Waals surface area contributed by atoms with Crippen molar-refractivity contribution < 1.29 is 23.8 Å². The Morgan fingerprint density at radius 1 is 1.13 bits per heavy atom. The predicted molar refractivity (Wildman–Crippen MR) is 116 cm³/mol. The van der Waals surface area contributed by atoms with E-state index < -0.39 is 0 Å². The second-order valence-electron chi connectivity index (χ2n) is 7.76. The summed E-state index contributed by atoms with van der Waals surface area (Å²) in [6.45, 7) is 2.62. The first-order valence-corrected chi connectivity index (χ1v) is 10.4. The van der Waals surface area contributed by atoms with Crippen molar-refractivity contribution in [1.29, 1.82) is 0 Å². The van der Waals surface area contributed by atoms with E-state index in [0.29, 0.717) is 17.0 Å². The molecule has 164 valence electrons. The summed E-state index contributed by atoms with van der Waals surface area (Å²) in [6.07, 6.45) is 1.76. The van der Waals surface area contributed by atoms with Crippen LogP contribution in [0.2, 0.25) is 0 Å². The molecule has 8 nitrogen and oxygen atoms in total. The number of carbonyl (C=O) groups is 2. The largest absolute Gasteiger partial charge is 0.493 e. The van der Waals surface area contributed by atoms with Crippen LogP contribution in [0.1, 0.15) is 28.8 Å². The molecule has 31 heavy (non-hydrogen) atoms. The van der Waals surface area contributed by atoms with Crippen LogP contribution in [-0.2, 0) is 11.3 Å². The normalized spacial score (nSPS) is 16.6. The summed E-state index contributed by atoms with van der Waals surface area (Å²) in [5.74, 6) is 1.68. The van der Waals surface area contributed by atoms with Crippen molar-refractivity contribution in [2.24, 2.45) is 0 Å². The first-order valence-electron chi connectivity index (χ1n) is 10.4. The first kappa shape index (κ1) is 21.0. The molecule has 0 atom stereocenters. The lowest BCUT2D eigenvalue weighted by atomic mass is 10.0. The van der Waals surface area contributed by atoms with Gasteiger partial charge in [-0.15, -0.1) is 0 Å². The second kappa shape index (κ2) is 9.26. The van der Waals surface area contributed by atoms with Crippen molar-refractivity contribution in [3.8, 4) is 17.2 Å². The van der Waals surface area contributed by atoms with Crippen LogP contribution in [0, 0.1) is 0 Å². The Balaban J connectivity index is 1.30. The van der Waals surface area contributed by atoms with Crippen molar-refractivity contribution in [2.45, 2.75) is 25.4 Å². The fourth-order valence-electron chi connectivity index (χ4n) is 3.97. The minimum atomic E-state index is -0.216. The zero-order chi connectivity index (χ0) is 21.8. The van der Waals surface area contributed by atoms with Gasteiger partial charge in [-0.3, -0.25) is 14.5 Å².